The first-order valence-corrected chi connectivity index (χ1v) is 13.6. The molecule has 0 aromatic heterocycles. The molecule has 0 spiro atoms. The smallest absolute Gasteiger partial charge is 0.305 e. The minimum atomic E-state index is -4.21. The van der Waals surface area contributed by atoms with Gasteiger partial charge in [0.15, 0.2) is 0 Å². The van der Waals surface area contributed by atoms with Crippen LogP contribution in [0.15, 0.2) is 59.5 Å². The van der Waals surface area contributed by atoms with Crippen molar-refractivity contribution in [1.29, 1.82) is 0 Å². The Morgan fingerprint density at radius 1 is 1.18 bits per heavy atom. The number of methoxy groups -OCH3 is 1. The summed E-state index contributed by atoms with van der Waals surface area (Å²) in [6, 6.07) is 12.9. The summed E-state index contributed by atoms with van der Waals surface area (Å²) in [4.78, 5) is 11.5. The van der Waals surface area contributed by atoms with Crippen LogP contribution in [0.25, 0.3) is 11.6 Å². The fraction of sp³-hybridized carbons (Fsp3) is 0.250. The minimum Gasteiger partial charge on any atom is -0.486 e. The maximum atomic E-state index is 14.4. The lowest BCUT2D eigenvalue weighted by Crippen LogP contribution is -2.43. The van der Waals surface area contributed by atoms with Gasteiger partial charge in [0, 0.05) is 12.0 Å². The highest BCUT2D eigenvalue weighted by atomic mass is 35.5. The number of halogens is 3. The zero-order chi connectivity index (χ0) is 27.6. The van der Waals surface area contributed by atoms with E-state index in [0.29, 0.717) is 16.7 Å². The molecule has 0 aliphatic carbocycles. The molecule has 0 radical (unpaired) electrons. The Hall–Kier alpha value is -3.43. The number of sulfonamides is 1. The maximum absolute atomic E-state index is 14.4. The molecule has 6 nitrogen and oxygen atoms in total. The molecule has 3 aromatic carbocycles. The fourth-order valence-electron chi connectivity index (χ4n) is 4.35. The number of allylic oxidation sites excluding steroid dienone is 1. The number of hydrogen-bond acceptors (Lipinski definition) is 5. The summed E-state index contributed by atoms with van der Waals surface area (Å²) in [5.41, 5.74) is 2.05. The first kappa shape index (κ1) is 27.6. The largest absolute Gasteiger partial charge is 0.486 e. The molecule has 0 saturated heterocycles. The topological polar surface area (TPSA) is 72.9 Å². The summed E-state index contributed by atoms with van der Waals surface area (Å²) in [7, 11) is -2.94. The number of fused-ring (bicyclic) bond motifs is 1. The first-order valence-electron chi connectivity index (χ1n) is 11.8. The number of anilines is 1. The van der Waals surface area contributed by atoms with Gasteiger partial charge in [0.05, 0.1) is 29.3 Å². The number of hydrogen-bond donors (Lipinski definition) is 0. The van der Waals surface area contributed by atoms with E-state index >= 15 is 0 Å². The highest BCUT2D eigenvalue weighted by Crippen LogP contribution is 2.40. The van der Waals surface area contributed by atoms with Crippen molar-refractivity contribution in [3.05, 3.63) is 87.9 Å². The van der Waals surface area contributed by atoms with E-state index in [1.807, 2.05) is 0 Å². The van der Waals surface area contributed by atoms with Gasteiger partial charge in [-0.05, 0) is 79.4 Å². The molecule has 0 bridgehead atoms. The van der Waals surface area contributed by atoms with Gasteiger partial charge in [-0.15, -0.1) is 0 Å². The average Bonchev–Trinajstić information content (AvgIpc) is 2.86. The lowest BCUT2D eigenvalue weighted by molar-refractivity contribution is -0.141. The van der Waals surface area contributed by atoms with Gasteiger partial charge in [-0.1, -0.05) is 29.8 Å². The van der Waals surface area contributed by atoms with E-state index in [0.717, 1.165) is 10.4 Å². The SMILES string of the molecule is COC(=O)CC[C@H]1CN(S(=O)(=O)c2cc(C)cc(F)c2)c2cc(/C=C(\C)c3c(F)cccc3Cl)ccc2O1. The van der Waals surface area contributed by atoms with E-state index in [9.17, 15) is 22.0 Å². The predicted octanol–water partition coefficient (Wildman–Crippen LogP) is 6.40. The number of rotatable bonds is 7. The van der Waals surface area contributed by atoms with Crippen LogP contribution in [0.3, 0.4) is 0 Å². The molecule has 0 saturated carbocycles. The van der Waals surface area contributed by atoms with Gasteiger partial charge in [0.25, 0.3) is 10.0 Å². The molecule has 0 fully saturated rings. The molecule has 4 rings (SSSR count). The van der Waals surface area contributed by atoms with Gasteiger partial charge in [0.2, 0.25) is 0 Å². The van der Waals surface area contributed by atoms with E-state index in [-0.39, 0.29) is 46.3 Å². The lowest BCUT2D eigenvalue weighted by atomic mass is 10.0. The van der Waals surface area contributed by atoms with Crippen LogP contribution in [-0.4, -0.2) is 34.1 Å². The second-order valence-corrected chi connectivity index (χ2v) is 11.3. The van der Waals surface area contributed by atoms with Crippen molar-refractivity contribution in [3.8, 4) is 5.75 Å². The highest BCUT2D eigenvalue weighted by Gasteiger charge is 2.35. The van der Waals surface area contributed by atoms with E-state index < -0.39 is 33.7 Å². The van der Waals surface area contributed by atoms with Gasteiger partial charge in [-0.3, -0.25) is 9.10 Å². The Morgan fingerprint density at radius 3 is 2.63 bits per heavy atom. The normalized spacial score (nSPS) is 15.6. The minimum absolute atomic E-state index is 0.0346. The summed E-state index contributed by atoms with van der Waals surface area (Å²) in [5, 5.41) is 0.249. The van der Waals surface area contributed by atoms with E-state index in [1.54, 1.807) is 44.2 Å². The zero-order valence-electron chi connectivity index (χ0n) is 21.0. The maximum Gasteiger partial charge on any atom is 0.305 e. The van der Waals surface area contributed by atoms with Crippen LogP contribution in [0.4, 0.5) is 14.5 Å². The van der Waals surface area contributed by atoms with E-state index in [4.69, 9.17) is 21.1 Å². The molecule has 1 aliphatic rings. The van der Waals surface area contributed by atoms with Gasteiger partial charge in [-0.2, -0.15) is 0 Å². The number of benzene rings is 3. The average molecular weight is 562 g/mol. The molecule has 1 atom stereocenters. The number of nitrogens with zero attached hydrogens (tertiary/aromatic N) is 1. The number of aryl methyl sites for hydroxylation is 1. The monoisotopic (exact) mass is 561 g/mol. The van der Waals surface area contributed by atoms with Crippen molar-refractivity contribution in [1.82, 2.24) is 0 Å². The second-order valence-electron chi connectivity index (χ2n) is 9.01. The Balaban J connectivity index is 1.78. The van der Waals surface area contributed by atoms with Crippen LogP contribution in [0.2, 0.25) is 5.02 Å². The molecule has 0 unspecified atom stereocenters. The third-order valence-electron chi connectivity index (χ3n) is 6.16. The third-order valence-corrected chi connectivity index (χ3v) is 8.23. The number of ether oxygens (including phenoxy) is 2. The molecule has 1 aliphatic heterocycles. The van der Waals surface area contributed by atoms with Crippen LogP contribution < -0.4 is 9.04 Å². The Morgan fingerprint density at radius 2 is 1.95 bits per heavy atom. The van der Waals surface area contributed by atoms with Crippen LogP contribution in [0.5, 0.6) is 5.75 Å². The number of esters is 1. The summed E-state index contributed by atoms with van der Waals surface area (Å²) in [6.07, 6.45) is 1.29. The molecule has 3 aromatic rings. The van der Waals surface area contributed by atoms with Gasteiger partial charge < -0.3 is 9.47 Å². The highest BCUT2D eigenvalue weighted by molar-refractivity contribution is 7.92. The van der Waals surface area contributed by atoms with Gasteiger partial charge >= 0.3 is 5.97 Å². The van der Waals surface area contributed by atoms with Crippen molar-refractivity contribution >= 4 is 44.9 Å². The quantitative estimate of drug-likeness (QED) is 0.247. The molecule has 0 N–H and O–H groups in total. The van der Waals surface area contributed by atoms with Crippen molar-refractivity contribution in [2.75, 3.05) is 18.0 Å². The number of carbonyl (C=O) groups is 1. The molecular weight excluding hydrogens is 536 g/mol. The standard InChI is InChI=1S/C28H26ClF2NO5S/c1-17-11-20(30)15-22(12-17)38(34,35)32-16-21(8-10-27(33)36-3)37-26-9-7-19(14-25(26)32)13-18(2)28-23(29)5-4-6-24(28)31/h4-7,9,11-15,21H,8,10,16H2,1-3H3/b18-13+/t21-/m0/s1. The number of carbonyl (C=O) groups excluding carboxylic acids is 1. The Labute approximate surface area is 225 Å². The second kappa shape index (κ2) is 11.1. The molecule has 10 heteroatoms. The Bertz CT molecular complexity index is 1480. The molecule has 38 heavy (non-hydrogen) atoms. The van der Waals surface area contributed by atoms with Gasteiger partial charge in [-0.25, -0.2) is 17.2 Å². The van der Waals surface area contributed by atoms with Crippen molar-refractivity contribution in [2.24, 2.45) is 0 Å². The summed E-state index contributed by atoms with van der Waals surface area (Å²) >= 11 is 6.21. The van der Waals surface area contributed by atoms with Crippen LogP contribution in [0, 0.1) is 18.6 Å². The summed E-state index contributed by atoms with van der Waals surface area (Å²) in [6.45, 7) is 3.20. The fourth-order valence-corrected chi connectivity index (χ4v) is 6.28. The first-order chi connectivity index (χ1) is 18.0. The van der Waals surface area contributed by atoms with Crippen LogP contribution >= 0.6 is 11.6 Å². The van der Waals surface area contributed by atoms with Crippen molar-refractivity contribution in [3.63, 3.8) is 0 Å². The zero-order valence-corrected chi connectivity index (χ0v) is 22.6. The van der Waals surface area contributed by atoms with E-state index in [1.165, 1.54) is 31.4 Å². The molecular formula is C28H26ClF2NO5S. The van der Waals surface area contributed by atoms with Crippen molar-refractivity contribution < 1.29 is 31.5 Å². The third kappa shape index (κ3) is 5.84. The van der Waals surface area contributed by atoms with E-state index in [2.05, 4.69) is 0 Å². The van der Waals surface area contributed by atoms with Crippen LogP contribution in [0.1, 0.15) is 36.5 Å². The lowest BCUT2D eigenvalue weighted by Gasteiger charge is -2.35. The molecule has 0 amide bonds. The van der Waals surface area contributed by atoms with Crippen LogP contribution in [-0.2, 0) is 19.6 Å². The van der Waals surface area contributed by atoms with Crippen molar-refractivity contribution in [2.45, 2.75) is 37.7 Å². The van der Waals surface area contributed by atoms with Gasteiger partial charge in [0.1, 0.15) is 23.5 Å². The predicted molar refractivity (Wildman–Crippen MR) is 143 cm³/mol. The molecule has 1 heterocycles. The Kier molecular flexibility index (Phi) is 8.08. The summed E-state index contributed by atoms with van der Waals surface area (Å²) < 4.78 is 68.0. The summed E-state index contributed by atoms with van der Waals surface area (Å²) in [5.74, 6) is -1.32. The molecule has 200 valence electrons.